The highest BCUT2D eigenvalue weighted by atomic mass is 79.9. The fourth-order valence-corrected chi connectivity index (χ4v) is 2.96. The number of piperazine rings is 1. The van der Waals surface area contributed by atoms with E-state index >= 15 is 0 Å². The molecule has 1 aliphatic heterocycles. The number of hydrogen-bond acceptors (Lipinski definition) is 3. The summed E-state index contributed by atoms with van der Waals surface area (Å²) in [6.07, 6.45) is 1.23. The quantitative estimate of drug-likeness (QED) is 0.895. The Labute approximate surface area is 125 Å². The summed E-state index contributed by atoms with van der Waals surface area (Å²) in [4.78, 5) is 4.88. The fraction of sp³-hybridized carbons (Fsp3) is 0.600. The molecule has 0 amide bonds. The van der Waals surface area contributed by atoms with Gasteiger partial charge in [0.15, 0.2) is 0 Å². The molecule has 1 heterocycles. The molecule has 1 unspecified atom stereocenters. The molecule has 1 N–H and O–H groups in total. The van der Waals surface area contributed by atoms with Gasteiger partial charge in [0.25, 0.3) is 0 Å². The lowest BCUT2D eigenvalue weighted by Gasteiger charge is -2.34. The normalized spacial score (nSPS) is 20.9. The Hall–Kier alpha value is -0.420. The second-order valence-corrected chi connectivity index (χ2v) is 6.31. The van der Waals surface area contributed by atoms with E-state index in [2.05, 4.69) is 69.4 Å². The van der Waals surface area contributed by atoms with Gasteiger partial charge < -0.3 is 15.1 Å². The third-order valence-corrected chi connectivity index (χ3v) is 4.66. The number of nitrogens with zero attached hydrogens (tertiary/aromatic N) is 2. The summed E-state index contributed by atoms with van der Waals surface area (Å²) in [5.74, 6) is 0. The molecule has 1 atom stereocenters. The third-order valence-electron chi connectivity index (χ3n) is 3.89. The van der Waals surface area contributed by atoms with E-state index in [4.69, 9.17) is 0 Å². The molecule has 106 valence electrons. The summed E-state index contributed by atoms with van der Waals surface area (Å²) < 4.78 is 1.21. The minimum Gasteiger partial charge on any atom is -0.314 e. The first-order chi connectivity index (χ1) is 9.16. The molecule has 0 aliphatic carbocycles. The maximum absolute atomic E-state index is 3.62. The predicted octanol–water partition coefficient (Wildman–Crippen LogP) is 2.17. The third kappa shape index (κ3) is 4.56. The maximum Gasteiger partial charge on any atom is 0.0241 e. The first-order valence-electron chi connectivity index (χ1n) is 6.99. The molecule has 0 bridgehead atoms. The highest BCUT2D eigenvalue weighted by Gasteiger charge is 2.18. The van der Waals surface area contributed by atoms with Gasteiger partial charge in [-0.25, -0.2) is 0 Å². The second-order valence-electron chi connectivity index (χ2n) is 5.46. The van der Waals surface area contributed by atoms with Crippen LogP contribution in [0.1, 0.15) is 12.0 Å². The largest absolute Gasteiger partial charge is 0.314 e. The minimum atomic E-state index is 0.676. The van der Waals surface area contributed by atoms with Crippen molar-refractivity contribution in [2.75, 3.05) is 40.3 Å². The van der Waals surface area contributed by atoms with Gasteiger partial charge in [0.2, 0.25) is 0 Å². The lowest BCUT2D eigenvalue weighted by atomic mass is 10.1. The smallest absolute Gasteiger partial charge is 0.0241 e. The van der Waals surface area contributed by atoms with E-state index in [1.165, 1.54) is 23.0 Å². The summed E-state index contributed by atoms with van der Waals surface area (Å²) in [5, 5.41) is 3.48. The van der Waals surface area contributed by atoms with Crippen molar-refractivity contribution in [1.29, 1.82) is 0 Å². The van der Waals surface area contributed by atoms with Gasteiger partial charge in [-0.05, 0) is 38.7 Å². The van der Waals surface area contributed by atoms with Crippen molar-refractivity contribution >= 4 is 15.9 Å². The average molecular weight is 326 g/mol. The van der Waals surface area contributed by atoms with Crippen molar-refractivity contribution < 1.29 is 0 Å². The van der Waals surface area contributed by atoms with Gasteiger partial charge in [-0.2, -0.15) is 0 Å². The van der Waals surface area contributed by atoms with Crippen LogP contribution in [0.4, 0.5) is 0 Å². The molecule has 1 saturated heterocycles. The maximum atomic E-state index is 3.62. The zero-order chi connectivity index (χ0) is 13.7. The van der Waals surface area contributed by atoms with Gasteiger partial charge in [-0.1, -0.05) is 34.1 Å². The van der Waals surface area contributed by atoms with E-state index in [9.17, 15) is 0 Å². The minimum absolute atomic E-state index is 0.676. The van der Waals surface area contributed by atoms with Crippen molar-refractivity contribution in [3.63, 3.8) is 0 Å². The Morgan fingerprint density at radius 2 is 2.21 bits per heavy atom. The monoisotopic (exact) mass is 325 g/mol. The van der Waals surface area contributed by atoms with E-state index in [1.54, 1.807) is 0 Å². The molecule has 4 heteroatoms. The summed E-state index contributed by atoms with van der Waals surface area (Å²) in [6, 6.07) is 9.15. The second kappa shape index (κ2) is 7.39. The molecular formula is C15H24BrN3. The van der Waals surface area contributed by atoms with Gasteiger partial charge >= 0.3 is 0 Å². The van der Waals surface area contributed by atoms with Crippen LogP contribution in [0.15, 0.2) is 28.7 Å². The number of rotatable bonds is 5. The van der Waals surface area contributed by atoms with Gasteiger partial charge in [-0.3, -0.25) is 0 Å². The molecular weight excluding hydrogens is 302 g/mol. The van der Waals surface area contributed by atoms with Crippen molar-refractivity contribution in [2.45, 2.75) is 19.0 Å². The van der Waals surface area contributed by atoms with Gasteiger partial charge in [0.05, 0.1) is 0 Å². The SMILES string of the molecule is CN(CCC1CNCCN1C)Cc1ccccc1Br. The Balaban J connectivity index is 1.78. The zero-order valence-corrected chi connectivity index (χ0v) is 13.5. The fourth-order valence-electron chi connectivity index (χ4n) is 2.55. The van der Waals surface area contributed by atoms with E-state index < -0.39 is 0 Å². The van der Waals surface area contributed by atoms with E-state index in [-0.39, 0.29) is 0 Å². The van der Waals surface area contributed by atoms with E-state index in [0.717, 1.165) is 26.2 Å². The summed E-state index contributed by atoms with van der Waals surface area (Å²) >= 11 is 3.62. The lowest BCUT2D eigenvalue weighted by molar-refractivity contribution is 0.171. The molecule has 2 rings (SSSR count). The van der Waals surface area contributed by atoms with E-state index in [1.807, 2.05) is 0 Å². The van der Waals surface area contributed by atoms with E-state index in [0.29, 0.717) is 6.04 Å². The molecule has 3 nitrogen and oxygen atoms in total. The molecule has 1 aromatic rings. The first-order valence-corrected chi connectivity index (χ1v) is 7.79. The topological polar surface area (TPSA) is 18.5 Å². The Kier molecular flexibility index (Phi) is 5.82. The molecule has 1 fully saturated rings. The van der Waals surface area contributed by atoms with Crippen molar-refractivity contribution in [1.82, 2.24) is 15.1 Å². The summed E-state index contributed by atoms with van der Waals surface area (Å²) in [6.45, 7) is 5.56. The van der Waals surface area contributed by atoms with Crippen molar-refractivity contribution in [3.05, 3.63) is 34.3 Å². The molecule has 0 radical (unpaired) electrons. The van der Waals surface area contributed by atoms with Gasteiger partial charge in [-0.15, -0.1) is 0 Å². The summed E-state index contributed by atoms with van der Waals surface area (Å²) in [7, 11) is 4.44. The van der Waals surface area contributed by atoms with Crippen molar-refractivity contribution in [2.24, 2.45) is 0 Å². The molecule has 0 saturated carbocycles. The first kappa shape index (κ1) is 15.0. The van der Waals surface area contributed by atoms with Crippen LogP contribution >= 0.6 is 15.9 Å². The molecule has 1 aliphatic rings. The Morgan fingerprint density at radius 1 is 1.42 bits per heavy atom. The molecule has 0 aromatic heterocycles. The van der Waals surface area contributed by atoms with Crippen LogP contribution in [0.5, 0.6) is 0 Å². The van der Waals surface area contributed by atoms with Crippen LogP contribution in [0.25, 0.3) is 0 Å². The lowest BCUT2D eigenvalue weighted by Crippen LogP contribution is -2.50. The highest BCUT2D eigenvalue weighted by molar-refractivity contribution is 9.10. The summed E-state index contributed by atoms with van der Waals surface area (Å²) in [5.41, 5.74) is 1.36. The Morgan fingerprint density at radius 3 is 2.95 bits per heavy atom. The van der Waals surface area contributed by atoms with Crippen LogP contribution in [-0.4, -0.2) is 56.1 Å². The number of benzene rings is 1. The van der Waals surface area contributed by atoms with Crippen LogP contribution in [-0.2, 0) is 6.54 Å². The standard InChI is InChI=1S/C15H24BrN3/c1-18(12-13-5-3-4-6-15(13)16)9-7-14-11-17-8-10-19(14)2/h3-6,14,17H,7-12H2,1-2H3. The van der Waals surface area contributed by atoms with Crippen LogP contribution < -0.4 is 5.32 Å². The van der Waals surface area contributed by atoms with Crippen LogP contribution in [0, 0.1) is 0 Å². The molecule has 1 aromatic carbocycles. The average Bonchev–Trinajstić information content (AvgIpc) is 2.40. The van der Waals surface area contributed by atoms with Gasteiger partial charge in [0, 0.05) is 36.7 Å². The van der Waals surface area contributed by atoms with Crippen molar-refractivity contribution in [3.8, 4) is 0 Å². The Bertz CT molecular complexity index is 397. The molecule has 19 heavy (non-hydrogen) atoms. The van der Waals surface area contributed by atoms with Crippen LogP contribution in [0.2, 0.25) is 0 Å². The number of hydrogen-bond donors (Lipinski definition) is 1. The predicted molar refractivity (Wildman–Crippen MR) is 84.4 cm³/mol. The molecule has 0 spiro atoms. The van der Waals surface area contributed by atoms with Crippen LogP contribution in [0.3, 0.4) is 0 Å². The number of nitrogens with one attached hydrogen (secondary N) is 1. The highest BCUT2D eigenvalue weighted by Crippen LogP contribution is 2.17. The number of halogens is 1. The zero-order valence-electron chi connectivity index (χ0n) is 11.9. The number of likely N-dealkylation sites (N-methyl/N-ethyl adjacent to an activating group) is 1. The van der Waals surface area contributed by atoms with Gasteiger partial charge in [0.1, 0.15) is 0 Å².